The lowest BCUT2D eigenvalue weighted by Gasteiger charge is -2.08. The number of rotatable bonds is 5. The molecule has 2 aromatic rings. The van der Waals surface area contributed by atoms with Crippen LogP contribution in [0.2, 0.25) is 10.0 Å². The van der Waals surface area contributed by atoms with Gasteiger partial charge in [-0.25, -0.2) is 9.97 Å². The molecule has 0 aliphatic carbocycles. The number of thioether (sulfide) groups is 1. The minimum atomic E-state index is 0.455. The van der Waals surface area contributed by atoms with E-state index in [1.807, 2.05) is 18.4 Å². The van der Waals surface area contributed by atoms with Gasteiger partial charge in [-0.2, -0.15) is 0 Å². The number of hydrogen-bond acceptors (Lipinski definition) is 5. The summed E-state index contributed by atoms with van der Waals surface area (Å²) in [6, 6.07) is 7.21. The summed E-state index contributed by atoms with van der Waals surface area (Å²) in [6.45, 7) is 0.700. The van der Waals surface area contributed by atoms with Crippen LogP contribution in [0, 0.1) is 0 Å². The Morgan fingerprint density at radius 3 is 2.75 bits per heavy atom. The van der Waals surface area contributed by atoms with Gasteiger partial charge in [-0.3, -0.25) is 0 Å². The molecule has 0 fully saturated rings. The number of nitrogens with zero attached hydrogens (tertiary/aromatic N) is 2. The zero-order chi connectivity index (χ0) is 14.5. The van der Waals surface area contributed by atoms with Gasteiger partial charge >= 0.3 is 0 Å². The van der Waals surface area contributed by atoms with Crippen molar-refractivity contribution < 1.29 is 0 Å². The molecule has 4 nitrogen and oxygen atoms in total. The van der Waals surface area contributed by atoms with E-state index in [1.54, 1.807) is 12.1 Å². The third-order valence-corrected chi connectivity index (χ3v) is 3.76. The van der Waals surface area contributed by atoms with Gasteiger partial charge in [0.1, 0.15) is 11.6 Å². The van der Waals surface area contributed by atoms with Crippen molar-refractivity contribution in [2.24, 2.45) is 0 Å². The maximum absolute atomic E-state index is 6.12. The standard InChI is InChI=1S/C13H14Cl2N4S/c1-20-13-18-11(16)7-12(19-13)17-5-4-8-2-3-9(14)6-10(8)15/h2-3,6-7H,4-5H2,1H3,(H3,16,17,18,19). The largest absolute Gasteiger partial charge is 0.383 e. The predicted octanol–water partition coefficient (Wildman–Crippen LogP) is 3.74. The van der Waals surface area contributed by atoms with Crippen molar-refractivity contribution in [2.75, 3.05) is 23.9 Å². The summed E-state index contributed by atoms with van der Waals surface area (Å²) >= 11 is 13.4. The molecule has 1 aromatic heterocycles. The van der Waals surface area contributed by atoms with Crippen LogP contribution in [-0.4, -0.2) is 22.8 Å². The van der Waals surface area contributed by atoms with Crippen LogP contribution in [0.4, 0.5) is 11.6 Å². The van der Waals surface area contributed by atoms with Crippen molar-refractivity contribution in [3.05, 3.63) is 39.9 Å². The third-order valence-electron chi connectivity index (χ3n) is 2.62. The average Bonchev–Trinajstić information content (AvgIpc) is 2.40. The molecule has 106 valence electrons. The van der Waals surface area contributed by atoms with E-state index in [9.17, 15) is 0 Å². The molecule has 0 aliphatic rings. The van der Waals surface area contributed by atoms with E-state index in [-0.39, 0.29) is 0 Å². The Bertz CT molecular complexity index is 607. The van der Waals surface area contributed by atoms with Crippen molar-refractivity contribution in [1.29, 1.82) is 0 Å². The molecule has 0 atom stereocenters. The Labute approximate surface area is 132 Å². The van der Waals surface area contributed by atoms with Crippen LogP contribution in [0.1, 0.15) is 5.56 Å². The van der Waals surface area contributed by atoms with Crippen LogP contribution >= 0.6 is 35.0 Å². The number of aromatic nitrogens is 2. The molecule has 7 heteroatoms. The summed E-state index contributed by atoms with van der Waals surface area (Å²) in [4.78, 5) is 8.42. The Morgan fingerprint density at radius 2 is 2.05 bits per heavy atom. The van der Waals surface area contributed by atoms with Gasteiger partial charge in [0.15, 0.2) is 5.16 Å². The summed E-state index contributed by atoms with van der Waals surface area (Å²) in [5, 5.41) is 5.18. The molecule has 0 amide bonds. The van der Waals surface area contributed by atoms with Crippen LogP contribution in [-0.2, 0) is 6.42 Å². The molecule has 0 radical (unpaired) electrons. The number of anilines is 2. The third kappa shape index (κ3) is 4.16. The minimum absolute atomic E-state index is 0.455. The van der Waals surface area contributed by atoms with Crippen molar-refractivity contribution in [1.82, 2.24) is 9.97 Å². The fraction of sp³-hybridized carbons (Fsp3) is 0.231. The van der Waals surface area contributed by atoms with Crippen molar-refractivity contribution in [3.63, 3.8) is 0 Å². The molecule has 3 N–H and O–H groups in total. The van der Waals surface area contributed by atoms with Crippen LogP contribution in [0.25, 0.3) is 0 Å². The van der Waals surface area contributed by atoms with Gasteiger partial charge < -0.3 is 11.1 Å². The lowest BCUT2D eigenvalue weighted by Crippen LogP contribution is -2.08. The second-order valence-electron chi connectivity index (χ2n) is 4.08. The number of hydrogen-bond donors (Lipinski definition) is 2. The zero-order valence-electron chi connectivity index (χ0n) is 10.9. The van der Waals surface area contributed by atoms with E-state index in [2.05, 4.69) is 15.3 Å². The summed E-state index contributed by atoms with van der Waals surface area (Å²) in [6.07, 6.45) is 2.68. The second kappa shape index (κ2) is 7.02. The first-order chi connectivity index (χ1) is 9.58. The highest BCUT2D eigenvalue weighted by atomic mass is 35.5. The van der Waals surface area contributed by atoms with Crippen LogP contribution in [0.3, 0.4) is 0 Å². The number of benzene rings is 1. The van der Waals surface area contributed by atoms with Crippen molar-refractivity contribution in [3.8, 4) is 0 Å². The maximum atomic E-state index is 6.12. The molecule has 1 aromatic carbocycles. The molecule has 20 heavy (non-hydrogen) atoms. The number of nitrogens with two attached hydrogens (primary N) is 1. The topological polar surface area (TPSA) is 63.8 Å². The first kappa shape index (κ1) is 15.2. The molecular formula is C13H14Cl2N4S. The Kier molecular flexibility index (Phi) is 5.34. The normalized spacial score (nSPS) is 10.6. The van der Waals surface area contributed by atoms with Crippen molar-refractivity contribution in [2.45, 2.75) is 11.6 Å². The first-order valence-corrected chi connectivity index (χ1v) is 7.93. The fourth-order valence-electron chi connectivity index (χ4n) is 1.67. The molecule has 0 saturated heterocycles. The van der Waals surface area contributed by atoms with Crippen LogP contribution < -0.4 is 11.1 Å². The monoisotopic (exact) mass is 328 g/mol. The second-order valence-corrected chi connectivity index (χ2v) is 5.69. The molecular weight excluding hydrogens is 315 g/mol. The van der Waals surface area contributed by atoms with E-state index < -0.39 is 0 Å². The molecule has 0 spiro atoms. The molecule has 2 rings (SSSR count). The Balaban J connectivity index is 1.97. The summed E-state index contributed by atoms with van der Waals surface area (Å²) in [5.41, 5.74) is 6.76. The summed E-state index contributed by atoms with van der Waals surface area (Å²) in [7, 11) is 0. The fourth-order valence-corrected chi connectivity index (χ4v) is 2.56. The lowest BCUT2D eigenvalue weighted by atomic mass is 10.1. The maximum Gasteiger partial charge on any atom is 0.191 e. The van der Waals surface area contributed by atoms with E-state index in [0.717, 1.165) is 12.0 Å². The number of halogens is 2. The quantitative estimate of drug-likeness (QED) is 0.646. The zero-order valence-corrected chi connectivity index (χ0v) is 13.2. The van der Waals surface area contributed by atoms with Gasteiger partial charge in [0.05, 0.1) is 0 Å². The SMILES string of the molecule is CSc1nc(N)cc(NCCc2ccc(Cl)cc2Cl)n1. The van der Waals surface area contributed by atoms with E-state index >= 15 is 0 Å². The highest BCUT2D eigenvalue weighted by Gasteiger charge is 2.03. The van der Waals surface area contributed by atoms with Gasteiger partial charge in [0.25, 0.3) is 0 Å². The first-order valence-electron chi connectivity index (χ1n) is 5.95. The highest BCUT2D eigenvalue weighted by Crippen LogP contribution is 2.21. The molecule has 0 bridgehead atoms. The van der Waals surface area contributed by atoms with Crippen molar-refractivity contribution >= 4 is 46.6 Å². The summed E-state index contributed by atoms with van der Waals surface area (Å²) < 4.78 is 0. The Hall–Kier alpha value is -1.17. The van der Waals surface area contributed by atoms with Gasteiger partial charge in [-0.05, 0) is 30.4 Å². The molecule has 0 saturated carbocycles. The number of nitrogen functional groups attached to an aromatic ring is 1. The van der Waals surface area contributed by atoms with Gasteiger partial charge in [-0.15, -0.1) is 0 Å². The molecule has 0 aliphatic heterocycles. The van der Waals surface area contributed by atoms with E-state index in [4.69, 9.17) is 28.9 Å². The number of nitrogens with one attached hydrogen (secondary N) is 1. The van der Waals surface area contributed by atoms with E-state index in [1.165, 1.54) is 11.8 Å². The Morgan fingerprint density at radius 1 is 1.25 bits per heavy atom. The summed E-state index contributed by atoms with van der Waals surface area (Å²) in [5.74, 6) is 1.17. The van der Waals surface area contributed by atoms with Gasteiger partial charge in [0, 0.05) is 22.7 Å². The molecule has 0 unspecified atom stereocenters. The van der Waals surface area contributed by atoms with E-state index in [0.29, 0.717) is 33.4 Å². The van der Waals surface area contributed by atoms with Gasteiger partial charge in [0.2, 0.25) is 0 Å². The van der Waals surface area contributed by atoms with Crippen LogP contribution in [0.15, 0.2) is 29.4 Å². The predicted molar refractivity (Wildman–Crippen MR) is 86.9 cm³/mol. The van der Waals surface area contributed by atoms with Gasteiger partial charge in [-0.1, -0.05) is 41.0 Å². The minimum Gasteiger partial charge on any atom is -0.383 e. The smallest absolute Gasteiger partial charge is 0.191 e. The average molecular weight is 329 g/mol. The lowest BCUT2D eigenvalue weighted by molar-refractivity contribution is 0.946. The molecule has 1 heterocycles. The van der Waals surface area contributed by atoms with Crippen LogP contribution in [0.5, 0.6) is 0 Å². The highest BCUT2D eigenvalue weighted by molar-refractivity contribution is 7.98.